The Morgan fingerprint density at radius 1 is 1.14 bits per heavy atom. The van der Waals surface area contributed by atoms with Crippen LogP contribution in [0.2, 0.25) is 0 Å². The molecule has 2 aromatic carbocycles. The maximum absolute atomic E-state index is 12.8. The van der Waals surface area contributed by atoms with Gasteiger partial charge in [-0.2, -0.15) is 0 Å². The van der Waals surface area contributed by atoms with Crippen LogP contribution in [0.3, 0.4) is 0 Å². The zero-order valence-corrected chi connectivity index (χ0v) is 12.6. The van der Waals surface area contributed by atoms with Crippen molar-refractivity contribution >= 4 is 11.6 Å². The summed E-state index contributed by atoms with van der Waals surface area (Å²) in [5.41, 5.74) is 2.97. The SMILES string of the molecule is Cc1cc(OCc2ccc(F)cc2)ccc1C#CCCCl. The predicted molar refractivity (Wildman–Crippen MR) is 84.1 cm³/mol. The number of hydrogen-bond acceptors (Lipinski definition) is 1. The first-order valence-corrected chi connectivity index (χ1v) is 7.25. The van der Waals surface area contributed by atoms with Crippen LogP contribution in [0, 0.1) is 24.6 Å². The van der Waals surface area contributed by atoms with E-state index >= 15 is 0 Å². The van der Waals surface area contributed by atoms with E-state index in [4.69, 9.17) is 16.3 Å². The number of aryl methyl sites for hydroxylation is 1. The van der Waals surface area contributed by atoms with E-state index in [-0.39, 0.29) is 5.82 Å². The van der Waals surface area contributed by atoms with Crippen molar-refractivity contribution in [3.63, 3.8) is 0 Å². The van der Waals surface area contributed by atoms with Crippen LogP contribution in [0.4, 0.5) is 4.39 Å². The number of halogens is 2. The maximum atomic E-state index is 12.8. The van der Waals surface area contributed by atoms with Crippen molar-refractivity contribution in [1.82, 2.24) is 0 Å². The van der Waals surface area contributed by atoms with Crippen LogP contribution in [0.25, 0.3) is 0 Å². The molecule has 2 aromatic rings. The number of benzene rings is 2. The van der Waals surface area contributed by atoms with Gasteiger partial charge in [-0.05, 0) is 48.4 Å². The van der Waals surface area contributed by atoms with Crippen molar-refractivity contribution in [2.75, 3.05) is 5.88 Å². The minimum Gasteiger partial charge on any atom is -0.489 e. The molecule has 0 aliphatic carbocycles. The highest BCUT2D eigenvalue weighted by Crippen LogP contribution is 2.18. The van der Waals surface area contributed by atoms with Crippen molar-refractivity contribution < 1.29 is 9.13 Å². The zero-order chi connectivity index (χ0) is 15.1. The highest BCUT2D eigenvalue weighted by atomic mass is 35.5. The largest absolute Gasteiger partial charge is 0.489 e. The Hall–Kier alpha value is -1.98. The smallest absolute Gasteiger partial charge is 0.123 e. The van der Waals surface area contributed by atoms with E-state index in [9.17, 15) is 4.39 Å². The topological polar surface area (TPSA) is 9.23 Å². The predicted octanol–water partition coefficient (Wildman–Crippen LogP) is 4.69. The molecule has 0 aliphatic heterocycles. The van der Waals surface area contributed by atoms with Crippen molar-refractivity contribution in [3.05, 3.63) is 65.0 Å². The quantitative estimate of drug-likeness (QED) is 0.588. The molecule has 0 saturated heterocycles. The Kier molecular flexibility index (Phi) is 5.66. The van der Waals surface area contributed by atoms with Crippen LogP contribution in [0.5, 0.6) is 5.75 Å². The molecule has 0 heterocycles. The van der Waals surface area contributed by atoms with Gasteiger partial charge in [0.1, 0.15) is 18.2 Å². The summed E-state index contributed by atoms with van der Waals surface area (Å²) in [6.07, 6.45) is 0.684. The summed E-state index contributed by atoms with van der Waals surface area (Å²) in [4.78, 5) is 0. The van der Waals surface area contributed by atoms with Crippen LogP contribution in [0.1, 0.15) is 23.1 Å². The van der Waals surface area contributed by atoms with Crippen molar-refractivity contribution in [2.24, 2.45) is 0 Å². The van der Waals surface area contributed by atoms with Crippen LogP contribution in [0.15, 0.2) is 42.5 Å². The lowest BCUT2D eigenvalue weighted by Gasteiger charge is -2.08. The van der Waals surface area contributed by atoms with Gasteiger partial charge in [-0.15, -0.1) is 11.6 Å². The normalized spacial score (nSPS) is 9.86. The molecule has 1 nitrogen and oxygen atoms in total. The first kappa shape index (κ1) is 15.4. The molecule has 0 amide bonds. The fraction of sp³-hybridized carbons (Fsp3) is 0.222. The fourth-order valence-electron chi connectivity index (χ4n) is 1.82. The summed E-state index contributed by atoms with van der Waals surface area (Å²) in [6.45, 7) is 2.41. The summed E-state index contributed by atoms with van der Waals surface area (Å²) in [6, 6.07) is 12.1. The second-order valence-corrected chi connectivity index (χ2v) is 5.01. The maximum Gasteiger partial charge on any atom is 0.123 e. The summed E-state index contributed by atoms with van der Waals surface area (Å²) < 4.78 is 18.5. The number of ether oxygens (including phenoxy) is 1. The number of rotatable bonds is 4. The molecule has 0 N–H and O–H groups in total. The van der Waals surface area contributed by atoms with Gasteiger partial charge in [-0.3, -0.25) is 0 Å². The van der Waals surface area contributed by atoms with Crippen LogP contribution in [-0.2, 0) is 6.61 Å². The molecule has 2 rings (SSSR count). The van der Waals surface area contributed by atoms with Gasteiger partial charge in [0.2, 0.25) is 0 Å². The van der Waals surface area contributed by atoms with Crippen molar-refractivity contribution in [3.8, 4) is 17.6 Å². The van der Waals surface area contributed by atoms with Crippen molar-refractivity contribution in [1.29, 1.82) is 0 Å². The van der Waals surface area contributed by atoms with Gasteiger partial charge in [0, 0.05) is 17.9 Å². The fourth-order valence-corrected chi connectivity index (χ4v) is 1.91. The number of alkyl halides is 1. The lowest BCUT2D eigenvalue weighted by molar-refractivity contribution is 0.306. The van der Waals surface area contributed by atoms with E-state index in [2.05, 4.69) is 11.8 Å². The second-order valence-electron chi connectivity index (χ2n) is 4.63. The second kappa shape index (κ2) is 7.71. The van der Waals surface area contributed by atoms with E-state index in [0.29, 0.717) is 18.9 Å². The third kappa shape index (κ3) is 4.81. The van der Waals surface area contributed by atoms with Crippen molar-refractivity contribution in [2.45, 2.75) is 20.0 Å². The minimum absolute atomic E-state index is 0.241. The summed E-state index contributed by atoms with van der Waals surface area (Å²) in [5.74, 6) is 7.19. The van der Waals surface area contributed by atoms with Gasteiger partial charge in [0.15, 0.2) is 0 Å². The lowest BCUT2D eigenvalue weighted by atomic mass is 10.1. The first-order valence-electron chi connectivity index (χ1n) is 6.72. The van der Waals surface area contributed by atoms with Gasteiger partial charge in [-0.25, -0.2) is 4.39 Å². The van der Waals surface area contributed by atoms with Gasteiger partial charge in [-0.1, -0.05) is 24.0 Å². The molecule has 3 heteroatoms. The Morgan fingerprint density at radius 3 is 2.57 bits per heavy atom. The van der Waals surface area contributed by atoms with E-state index in [0.717, 1.165) is 22.4 Å². The Balaban J connectivity index is 2.00. The minimum atomic E-state index is -0.241. The average molecular weight is 303 g/mol. The molecule has 0 unspecified atom stereocenters. The van der Waals surface area contributed by atoms with Gasteiger partial charge >= 0.3 is 0 Å². The first-order chi connectivity index (χ1) is 10.2. The Labute approximate surface area is 129 Å². The molecule has 0 radical (unpaired) electrons. The highest BCUT2D eigenvalue weighted by Gasteiger charge is 2.00. The average Bonchev–Trinajstić information content (AvgIpc) is 2.49. The lowest BCUT2D eigenvalue weighted by Crippen LogP contribution is -1.96. The molecule has 0 aliphatic rings. The van der Waals surface area contributed by atoms with E-state index < -0.39 is 0 Å². The molecule has 108 valence electrons. The van der Waals surface area contributed by atoms with Gasteiger partial charge in [0.05, 0.1) is 0 Å². The molecule has 0 saturated carbocycles. The molecule has 0 aromatic heterocycles. The monoisotopic (exact) mass is 302 g/mol. The van der Waals surface area contributed by atoms with E-state index in [1.807, 2.05) is 25.1 Å². The van der Waals surface area contributed by atoms with Crippen LogP contribution < -0.4 is 4.74 Å². The molecule has 0 atom stereocenters. The summed E-state index contributed by atoms with van der Waals surface area (Å²) >= 11 is 5.60. The third-order valence-corrected chi connectivity index (χ3v) is 3.15. The molecule has 0 spiro atoms. The molecule has 21 heavy (non-hydrogen) atoms. The molecular formula is C18H16ClFO. The van der Waals surface area contributed by atoms with Crippen LogP contribution in [-0.4, -0.2) is 5.88 Å². The number of hydrogen-bond donors (Lipinski definition) is 0. The molecule has 0 fully saturated rings. The Bertz CT molecular complexity index is 653. The molecular weight excluding hydrogens is 287 g/mol. The summed E-state index contributed by atoms with van der Waals surface area (Å²) in [5, 5.41) is 0. The Morgan fingerprint density at radius 2 is 1.90 bits per heavy atom. The highest BCUT2D eigenvalue weighted by molar-refractivity contribution is 6.18. The van der Waals surface area contributed by atoms with E-state index in [1.54, 1.807) is 12.1 Å². The van der Waals surface area contributed by atoms with Gasteiger partial charge < -0.3 is 4.74 Å². The molecule has 0 bridgehead atoms. The summed E-state index contributed by atoms with van der Waals surface area (Å²) in [7, 11) is 0. The van der Waals surface area contributed by atoms with E-state index in [1.165, 1.54) is 12.1 Å². The third-order valence-electron chi connectivity index (χ3n) is 2.96. The standard InChI is InChI=1S/C18H16ClFO/c1-14-12-18(10-7-16(14)4-2-3-11-19)21-13-15-5-8-17(20)9-6-15/h5-10,12H,3,11,13H2,1H3. The van der Waals surface area contributed by atoms with Gasteiger partial charge in [0.25, 0.3) is 0 Å². The van der Waals surface area contributed by atoms with Crippen LogP contribution >= 0.6 is 11.6 Å². The zero-order valence-electron chi connectivity index (χ0n) is 11.8.